The van der Waals surface area contributed by atoms with E-state index in [9.17, 15) is 9.50 Å². The third-order valence-electron chi connectivity index (χ3n) is 6.08. The molecule has 1 aliphatic carbocycles. The van der Waals surface area contributed by atoms with E-state index in [0.717, 1.165) is 12.1 Å². The summed E-state index contributed by atoms with van der Waals surface area (Å²) >= 11 is 0. The summed E-state index contributed by atoms with van der Waals surface area (Å²) in [6.45, 7) is 1.08. The van der Waals surface area contributed by atoms with Crippen molar-refractivity contribution in [1.82, 2.24) is 0 Å². The van der Waals surface area contributed by atoms with Crippen molar-refractivity contribution in [3.8, 4) is 0 Å². The van der Waals surface area contributed by atoms with Gasteiger partial charge in [-0.05, 0) is 48.6 Å². The van der Waals surface area contributed by atoms with Crippen molar-refractivity contribution >= 4 is 5.69 Å². The summed E-state index contributed by atoms with van der Waals surface area (Å²) in [6, 6.07) is 15.6. The van der Waals surface area contributed by atoms with Crippen LogP contribution in [0.4, 0.5) is 10.1 Å². The molecule has 4 rings (SSSR count). The van der Waals surface area contributed by atoms with Gasteiger partial charge in [0.05, 0.1) is 6.04 Å². The first kappa shape index (κ1) is 16.6. The Balaban J connectivity index is 1.75. The Morgan fingerprint density at radius 2 is 1.84 bits per heavy atom. The van der Waals surface area contributed by atoms with Crippen molar-refractivity contribution < 1.29 is 9.50 Å². The number of hydrogen-bond acceptors (Lipinski definition) is 2. The monoisotopic (exact) mass is 339 g/mol. The van der Waals surface area contributed by atoms with Gasteiger partial charge in [-0.25, -0.2) is 4.39 Å². The van der Waals surface area contributed by atoms with Gasteiger partial charge in [-0.15, -0.1) is 0 Å². The maximum atomic E-state index is 13.8. The summed E-state index contributed by atoms with van der Waals surface area (Å²) in [6.07, 6.45) is 6.98. The van der Waals surface area contributed by atoms with E-state index in [1.165, 1.54) is 49.4 Å². The summed E-state index contributed by atoms with van der Waals surface area (Å²) in [4.78, 5) is 2.42. The Kier molecular flexibility index (Phi) is 4.51. The Labute approximate surface area is 149 Å². The highest BCUT2D eigenvalue weighted by atomic mass is 19.1. The molecule has 2 nitrogen and oxygen atoms in total. The topological polar surface area (TPSA) is 23.5 Å². The van der Waals surface area contributed by atoms with E-state index in [-0.39, 0.29) is 23.9 Å². The zero-order valence-electron chi connectivity index (χ0n) is 14.6. The molecule has 1 aliphatic heterocycles. The normalized spacial score (nSPS) is 19.8. The average molecular weight is 339 g/mol. The van der Waals surface area contributed by atoms with Crippen LogP contribution in [0.25, 0.3) is 0 Å². The second-order valence-corrected chi connectivity index (χ2v) is 7.57. The zero-order chi connectivity index (χ0) is 17.3. The first-order valence-electron chi connectivity index (χ1n) is 9.46. The lowest BCUT2D eigenvalue weighted by molar-refractivity contribution is 0.265. The Morgan fingerprint density at radius 3 is 2.60 bits per heavy atom. The van der Waals surface area contributed by atoms with E-state index in [0.29, 0.717) is 6.42 Å². The molecule has 25 heavy (non-hydrogen) atoms. The predicted octanol–water partition coefficient (Wildman–Crippen LogP) is 4.97. The molecule has 0 amide bonds. The number of benzene rings is 2. The quantitative estimate of drug-likeness (QED) is 0.850. The Hall–Kier alpha value is -1.87. The van der Waals surface area contributed by atoms with Gasteiger partial charge in [0.15, 0.2) is 0 Å². The largest absolute Gasteiger partial charge is 0.396 e. The van der Waals surface area contributed by atoms with Gasteiger partial charge in [0.1, 0.15) is 5.82 Å². The molecule has 2 aromatic carbocycles. The van der Waals surface area contributed by atoms with E-state index in [2.05, 4.69) is 29.2 Å². The number of para-hydroxylation sites is 1. The van der Waals surface area contributed by atoms with Crippen LogP contribution in [0.5, 0.6) is 0 Å². The molecule has 1 heterocycles. The van der Waals surface area contributed by atoms with E-state index >= 15 is 0 Å². The van der Waals surface area contributed by atoms with E-state index in [1.54, 1.807) is 12.1 Å². The lowest BCUT2D eigenvalue weighted by Gasteiger charge is -2.36. The fourth-order valence-electron chi connectivity index (χ4n) is 4.94. The van der Waals surface area contributed by atoms with Crippen LogP contribution in [-0.2, 0) is 5.41 Å². The van der Waals surface area contributed by atoms with E-state index < -0.39 is 0 Å². The molecule has 0 saturated heterocycles. The second-order valence-electron chi connectivity index (χ2n) is 7.57. The number of fused-ring (bicyclic) bond motifs is 2. The Bertz CT molecular complexity index is 738. The van der Waals surface area contributed by atoms with Crippen molar-refractivity contribution in [3.63, 3.8) is 0 Å². The molecule has 3 heteroatoms. The van der Waals surface area contributed by atoms with Gasteiger partial charge in [0.2, 0.25) is 0 Å². The number of rotatable bonds is 4. The molecule has 2 aromatic rings. The molecule has 132 valence electrons. The van der Waals surface area contributed by atoms with Gasteiger partial charge in [-0.1, -0.05) is 49.6 Å². The van der Waals surface area contributed by atoms with Crippen LogP contribution in [0.2, 0.25) is 0 Å². The summed E-state index contributed by atoms with van der Waals surface area (Å²) in [7, 11) is 0. The van der Waals surface area contributed by atoms with Crippen LogP contribution < -0.4 is 4.90 Å². The molecular weight excluding hydrogens is 313 g/mol. The smallest absolute Gasteiger partial charge is 0.123 e. The van der Waals surface area contributed by atoms with E-state index in [4.69, 9.17) is 0 Å². The molecule has 1 N–H and O–H groups in total. The fourth-order valence-corrected chi connectivity index (χ4v) is 4.94. The van der Waals surface area contributed by atoms with Gasteiger partial charge in [0.25, 0.3) is 0 Å². The maximum Gasteiger partial charge on any atom is 0.123 e. The van der Waals surface area contributed by atoms with Crippen LogP contribution in [0.15, 0.2) is 48.5 Å². The molecule has 1 fully saturated rings. The van der Waals surface area contributed by atoms with Crippen LogP contribution in [0.1, 0.15) is 55.7 Å². The molecular formula is C22H26FNO. The highest BCUT2D eigenvalue weighted by molar-refractivity contribution is 5.64. The number of nitrogens with zero attached hydrogens (tertiary/aromatic N) is 1. The lowest BCUT2D eigenvalue weighted by atomic mass is 9.71. The first-order valence-corrected chi connectivity index (χ1v) is 9.46. The standard InChI is InChI=1S/C22H26FNO/c23-18-8-6-7-17(15-18)20(11-14-25)24-16-22(12-4-1-5-13-22)19-9-2-3-10-21(19)24/h2-3,6-10,15,20,25H,1,4-5,11-14,16H2/t20-/m0/s1. The van der Waals surface area contributed by atoms with Crippen LogP contribution in [0, 0.1) is 5.82 Å². The first-order chi connectivity index (χ1) is 12.2. The SMILES string of the molecule is OCC[C@@H](c1cccc(F)c1)N1CC2(CCCCC2)c2ccccc21. The van der Waals surface area contributed by atoms with Crippen molar-refractivity contribution in [3.05, 3.63) is 65.5 Å². The van der Waals surface area contributed by atoms with Crippen LogP contribution in [-0.4, -0.2) is 18.3 Å². The van der Waals surface area contributed by atoms with Crippen molar-refractivity contribution in [1.29, 1.82) is 0 Å². The second kappa shape index (κ2) is 6.80. The molecule has 0 bridgehead atoms. The molecule has 1 spiro atoms. The molecule has 2 aliphatic rings. The Morgan fingerprint density at radius 1 is 1.04 bits per heavy atom. The third-order valence-corrected chi connectivity index (χ3v) is 6.08. The number of aliphatic hydroxyl groups is 1. The lowest BCUT2D eigenvalue weighted by Crippen LogP contribution is -2.37. The number of anilines is 1. The van der Waals surface area contributed by atoms with Gasteiger partial charge in [-0.2, -0.15) is 0 Å². The number of hydrogen-bond donors (Lipinski definition) is 1. The minimum atomic E-state index is -0.208. The predicted molar refractivity (Wildman–Crippen MR) is 99.4 cm³/mol. The zero-order valence-corrected chi connectivity index (χ0v) is 14.6. The third kappa shape index (κ3) is 2.95. The van der Waals surface area contributed by atoms with Crippen molar-refractivity contribution in [2.75, 3.05) is 18.1 Å². The average Bonchev–Trinajstić information content (AvgIpc) is 2.94. The molecule has 0 aromatic heterocycles. The maximum absolute atomic E-state index is 13.8. The highest BCUT2D eigenvalue weighted by Crippen LogP contribution is 2.51. The summed E-state index contributed by atoms with van der Waals surface area (Å²) in [5.41, 5.74) is 3.91. The van der Waals surface area contributed by atoms with Crippen LogP contribution in [0.3, 0.4) is 0 Å². The van der Waals surface area contributed by atoms with Gasteiger partial charge < -0.3 is 10.0 Å². The van der Waals surface area contributed by atoms with E-state index in [1.807, 2.05) is 6.07 Å². The summed E-state index contributed by atoms with van der Waals surface area (Å²) in [5.74, 6) is -0.208. The summed E-state index contributed by atoms with van der Waals surface area (Å²) < 4.78 is 13.8. The molecule has 1 saturated carbocycles. The molecule has 0 unspecified atom stereocenters. The fraction of sp³-hybridized carbons (Fsp3) is 0.455. The number of halogens is 1. The van der Waals surface area contributed by atoms with Crippen molar-refractivity contribution in [2.45, 2.75) is 50.0 Å². The van der Waals surface area contributed by atoms with Crippen molar-refractivity contribution in [2.24, 2.45) is 0 Å². The van der Waals surface area contributed by atoms with Crippen LogP contribution >= 0.6 is 0 Å². The van der Waals surface area contributed by atoms with Gasteiger partial charge in [-0.3, -0.25) is 0 Å². The number of aliphatic hydroxyl groups excluding tert-OH is 1. The minimum absolute atomic E-state index is 0.0168. The highest BCUT2D eigenvalue weighted by Gasteiger charge is 2.44. The van der Waals surface area contributed by atoms with Gasteiger partial charge in [0, 0.05) is 24.3 Å². The summed E-state index contributed by atoms with van der Waals surface area (Å²) in [5, 5.41) is 9.66. The molecule has 1 atom stereocenters. The minimum Gasteiger partial charge on any atom is -0.396 e. The molecule has 0 radical (unpaired) electrons. The van der Waals surface area contributed by atoms with Gasteiger partial charge >= 0.3 is 0 Å².